The van der Waals surface area contributed by atoms with Crippen molar-refractivity contribution in [3.05, 3.63) is 51.2 Å². The van der Waals surface area contributed by atoms with E-state index in [1.54, 1.807) is 47.4 Å². The van der Waals surface area contributed by atoms with E-state index in [-0.39, 0.29) is 11.9 Å². The van der Waals surface area contributed by atoms with E-state index in [1.165, 1.54) is 15.3 Å². The summed E-state index contributed by atoms with van der Waals surface area (Å²) in [4.78, 5) is 32.0. The Morgan fingerprint density at radius 1 is 1.20 bits per heavy atom. The van der Waals surface area contributed by atoms with Crippen LogP contribution in [0.4, 0.5) is 10.5 Å². The Kier molecular flexibility index (Phi) is 4.27. The second-order valence-corrected chi connectivity index (χ2v) is 7.82. The minimum atomic E-state index is -0.504. The Labute approximate surface area is 155 Å². The second-order valence-electron chi connectivity index (χ2n) is 6.38. The molecule has 0 aliphatic carbocycles. The summed E-state index contributed by atoms with van der Waals surface area (Å²) in [7, 11) is 0. The molecular weight excluding hydrogens is 358 g/mol. The minimum absolute atomic E-state index is 0.156. The number of hydrogen-bond acceptors (Lipinski definition) is 4. The molecular formula is C18H18ClN3O2S. The van der Waals surface area contributed by atoms with Crippen molar-refractivity contribution < 1.29 is 9.59 Å². The Bertz CT molecular complexity index is 820. The lowest BCUT2D eigenvalue weighted by Crippen LogP contribution is -2.44. The van der Waals surface area contributed by atoms with Crippen LogP contribution in [0.5, 0.6) is 0 Å². The van der Waals surface area contributed by atoms with Crippen molar-refractivity contribution in [3.63, 3.8) is 0 Å². The standard InChI is InChI=1S/C18H18ClN3O2S/c1-12-17(23)21(11-20-8-6-16-13(10-20)7-9-25-16)18(24)22(12)15-4-2-14(19)3-5-15/h2-5,7,9,12H,6,8,10-11H2,1H3/t12-/m1/s1. The molecule has 25 heavy (non-hydrogen) atoms. The van der Waals surface area contributed by atoms with Gasteiger partial charge in [0.2, 0.25) is 0 Å². The summed E-state index contributed by atoms with van der Waals surface area (Å²) in [5.41, 5.74) is 1.99. The first-order valence-corrected chi connectivity index (χ1v) is 9.48. The van der Waals surface area contributed by atoms with Gasteiger partial charge in [-0.15, -0.1) is 11.3 Å². The normalized spacial score (nSPS) is 21.1. The van der Waals surface area contributed by atoms with Gasteiger partial charge in [0.05, 0.1) is 6.67 Å². The lowest BCUT2D eigenvalue weighted by molar-refractivity contribution is -0.128. The number of carbonyl (C=O) groups excluding carboxylic acids is 2. The molecule has 1 aromatic heterocycles. The number of amides is 3. The van der Waals surface area contributed by atoms with Crippen molar-refractivity contribution >= 4 is 40.6 Å². The number of anilines is 1. The van der Waals surface area contributed by atoms with E-state index in [0.29, 0.717) is 17.4 Å². The third-order valence-corrected chi connectivity index (χ3v) is 6.06. The molecule has 130 valence electrons. The molecule has 0 N–H and O–H groups in total. The van der Waals surface area contributed by atoms with Crippen LogP contribution in [0.25, 0.3) is 0 Å². The monoisotopic (exact) mass is 375 g/mol. The van der Waals surface area contributed by atoms with Gasteiger partial charge in [-0.3, -0.25) is 14.6 Å². The number of rotatable bonds is 3. The summed E-state index contributed by atoms with van der Waals surface area (Å²) < 4.78 is 0. The van der Waals surface area contributed by atoms with E-state index >= 15 is 0 Å². The zero-order chi connectivity index (χ0) is 17.6. The summed E-state index contributed by atoms with van der Waals surface area (Å²) in [6.45, 7) is 3.74. The SMILES string of the molecule is C[C@@H]1C(=O)N(CN2CCc3sccc3C2)C(=O)N1c1ccc(Cl)cc1. The van der Waals surface area contributed by atoms with Crippen LogP contribution < -0.4 is 4.90 Å². The molecule has 4 rings (SSSR count). The van der Waals surface area contributed by atoms with Crippen LogP contribution in [0, 0.1) is 0 Å². The molecule has 1 atom stereocenters. The molecule has 1 saturated heterocycles. The van der Waals surface area contributed by atoms with Gasteiger partial charge in [-0.2, -0.15) is 0 Å². The van der Waals surface area contributed by atoms with E-state index in [1.807, 2.05) is 0 Å². The van der Waals surface area contributed by atoms with E-state index in [9.17, 15) is 9.59 Å². The fourth-order valence-corrected chi connectivity index (χ4v) is 4.44. The lowest BCUT2D eigenvalue weighted by Gasteiger charge is -2.29. The highest BCUT2D eigenvalue weighted by atomic mass is 35.5. The van der Waals surface area contributed by atoms with Crippen molar-refractivity contribution in [2.24, 2.45) is 0 Å². The fraction of sp³-hybridized carbons (Fsp3) is 0.333. The third kappa shape index (κ3) is 2.94. The molecule has 0 bridgehead atoms. The van der Waals surface area contributed by atoms with Crippen molar-refractivity contribution in [1.82, 2.24) is 9.80 Å². The predicted molar refractivity (Wildman–Crippen MR) is 98.9 cm³/mol. The average Bonchev–Trinajstić information content (AvgIpc) is 3.15. The predicted octanol–water partition coefficient (Wildman–Crippen LogP) is 3.57. The number of nitrogens with zero attached hydrogens (tertiary/aromatic N) is 3. The Morgan fingerprint density at radius 3 is 2.72 bits per heavy atom. The molecule has 2 aliphatic heterocycles. The summed E-state index contributed by atoms with van der Waals surface area (Å²) in [6.07, 6.45) is 0.972. The Morgan fingerprint density at radius 2 is 1.96 bits per heavy atom. The number of benzene rings is 1. The Balaban J connectivity index is 1.52. The quantitative estimate of drug-likeness (QED) is 0.770. The third-order valence-electron chi connectivity index (χ3n) is 4.78. The van der Waals surface area contributed by atoms with Crippen LogP contribution in [0.3, 0.4) is 0 Å². The Hall–Kier alpha value is -1.89. The highest BCUT2D eigenvalue weighted by Crippen LogP contribution is 2.29. The maximum atomic E-state index is 12.9. The van der Waals surface area contributed by atoms with Crippen LogP contribution in [0.1, 0.15) is 17.4 Å². The van der Waals surface area contributed by atoms with Crippen LogP contribution in [0.2, 0.25) is 5.02 Å². The van der Waals surface area contributed by atoms with Crippen molar-refractivity contribution in [2.75, 3.05) is 18.1 Å². The van der Waals surface area contributed by atoms with Gasteiger partial charge in [0.15, 0.2) is 0 Å². The highest BCUT2D eigenvalue weighted by molar-refractivity contribution is 7.10. The minimum Gasteiger partial charge on any atom is -0.282 e. The largest absolute Gasteiger partial charge is 0.333 e. The zero-order valence-electron chi connectivity index (χ0n) is 13.8. The van der Waals surface area contributed by atoms with Gasteiger partial charge in [0.1, 0.15) is 6.04 Å². The number of carbonyl (C=O) groups is 2. The van der Waals surface area contributed by atoms with Crippen LogP contribution in [-0.4, -0.2) is 41.0 Å². The number of imide groups is 1. The summed E-state index contributed by atoms with van der Waals surface area (Å²) in [6, 6.07) is 8.35. The van der Waals surface area contributed by atoms with Gasteiger partial charge < -0.3 is 0 Å². The summed E-state index contributed by atoms with van der Waals surface area (Å²) in [5, 5.41) is 2.70. The first-order valence-electron chi connectivity index (χ1n) is 8.22. The van der Waals surface area contributed by atoms with Gasteiger partial charge in [-0.05, 0) is 54.6 Å². The second kappa shape index (κ2) is 6.44. The van der Waals surface area contributed by atoms with Crippen molar-refractivity contribution in [3.8, 4) is 0 Å². The smallest absolute Gasteiger partial charge is 0.282 e. The van der Waals surface area contributed by atoms with Gasteiger partial charge in [0.25, 0.3) is 5.91 Å². The molecule has 3 amide bonds. The molecule has 1 aromatic carbocycles. The zero-order valence-corrected chi connectivity index (χ0v) is 15.4. The number of urea groups is 1. The molecule has 0 saturated carbocycles. The first-order chi connectivity index (χ1) is 12.0. The molecule has 0 unspecified atom stereocenters. The average molecular weight is 376 g/mol. The van der Waals surface area contributed by atoms with Crippen molar-refractivity contribution in [2.45, 2.75) is 25.9 Å². The van der Waals surface area contributed by atoms with Gasteiger partial charge >= 0.3 is 6.03 Å². The van der Waals surface area contributed by atoms with Gasteiger partial charge in [0, 0.05) is 28.7 Å². The topological polar surface area (TPSA) is 43.9 Å². The highest BCUT2D eigenvalue weighted by Gasteiger charge is 2.44. The molecule has 3 heterocycles. The first kappa shape index (κ1) is 16.6. The van der Waals surface area contributed by atoms with Crippen LogP contribution >= 0.6 is 22.9 Å². The number of halogens is 1. The molecule has 0 spiro atoms. The molecule has 2 aliphatic rings. The summed E-state index contributed by atoms with van der Waals surface area (Å²) in [5.74, 6) is -0.156. The summed E-state index contributed by atoms with van der Waals surface area (Å²) >= 11 is 7.70. The molecule has 1 fully saturated rings. The maximum Gasteiger partial charge on any atom is 0.333 e. The van der Waals surface area contributed by atoms with Gasteiger partial charge in [-0.1, -0.05) is 11.6 Å². The van der Waals surface area contributed by atoms with Gasteiger partial charge in [-0.25, -0.2) is 9.69 Å². The number of fused-ring (bicyclic) bond motifs is 1. The van der Waals surface area contributed by atoms with E-state index in [4.69, 9.17) is 11.6 Å². The van der Waals surface area contributed by atoms with Crippen molar-refractivity contribution in [1.29, 1.82) is 0 Å². The fourth-order valence-electron chi connectivity index (χ4n) is 3.42. The molecule has 2 aromatic rings. The molecule has 0 radical (unpaired) electrons. The lowest BCUT2D eigenvalue weighted by atomic mass is 10.1. The molecule has 5 nitrogen and oxygen atoms in total. The van der Waals surface area contributed by atoms with E-state index in [2.05, 4.69) is 16.3 Å². The number of hydrogen-bond donors (Lipinski definition) is 0. The van der Waals surface area contributed by atoms with Crippen LogP contribution in [-0.2, 0) is 17.8 Å². The maximum absolute atomic E-state index is 12.9. The number of thiophene rings is 1. The molecule has 7 heteroatoms. The van der Waals surface area contributed by atoms with Crippen LogP contribution in [0.15, 0.2) is 35.7 Å². The van der Waals surface area contributed by atoms with E-state index < -0.39 is 6.04 Å². The van der Waals surface area contributed by atoms with E-state index in [0.717, 1.165) is 19.5 Å².